The fraction of sp³-hybridized carbons (Fsp3) is 0. The molecule has 0 saturated heterocycles. The molecular weight excluding hydrogens is 222 g/mol. The van der Waals surface area contributed by atoms with Gasteiger partial charge in [0.1, 0.15) is 11.4 Å². The fourth-order valence-corrected chi connectivity index (χ4v) is 1.40. The van der Waals surface area contributed by atoms with E-state index in [1.807, 2.05) is 0 Å². The van der Waals surface area contributed by atoms with Gasteiger partial charge in [0.15, 0.2) is 0 Å². The summed E-state index contributed by atoms with van der Waals surface area (Å²) in [7, 11) is 0. The maximum Gasteiger partial charge on any atom is 0.342 e. The first-order valence-corrected chi connectivity index (χ1v) is 4.77. The molecule has 4 N–H and O–H groups in total. The first-order chi connectivity index (χ1) is 8.09. The van der Waals surface area contributed by atoms with Gasteiger partial charge in [0.05, 0.1) is 0 Å². The SMILES string of the molecule is Nc1ccccc1-c1ncc(C(=O)O)c(=O)[nH]1. The second kappa shape index (κ2) is 4.09. The number of H-pyrrole nitrogens is 1. The number of hydrogen-bond acceptors (Lipinski definition) is 4. The molecule has 0 atom stereocenters. The lowest BCUT2D eigenvalue weighted by molar-refractivity contribution is 0.0694. The van der Waals surface area contributed by atoms with Crippen molar-refractivity contribution in [2.24, 2.45) is 0 Å². The third kappa shape index (κ3) is 2.00. The van der Waals surface area contributed by atoms with Gasteiger partial charge in [0.2, 0.25) is 0 Å². The van der Waals surface area contributed by atoms with Crippen molar-refractivity contribution in [3.05, 3.63) is 46.4 Å². The lowest BCUT2D eigenvalue weighted by Gasteiger charge is -2.04. The lowest BCUT2D eigenvalue weighted by atomic mass is 10.1. The number of carboxylic acids is 1. The lowest BCUT2D eigenvalue weighted by Crippen LogP contribution is -2.18. The van der Waals surface area contributed by atoms with Crippen molar-refractivity contribution in [3.63, 3.8) is 0 Å². The van der Waals surface area contributed by atoms with Crippen molar-refractivity contribution in [2.45, 2.75) is 0 Å². The molecule has 6 nitrogen and oxygen atoms in total. The highest BCUT2D eigenvalue weighted by molar-refractivity contribution is 5.87. The molecule has 0 fully saturated rings. The second-order valence-electron chi connectivity index (χ2n) is 3.37. The van der Waals surface area contributed by atoms with Crippen LogP contribution in [-0.4, -0.2) is 21.0 Å². The molecule has 2 rings (SSSR count). The Bertz CT molecular complexity index is 634. The quantitative estimate of drug-likeness (QED) is 0.659. The third-order valence-corrected chi connectivity index (χ3v) is 2.25. The summed E-state index contributed by atoms with van der Waals surface area (Å²) in [5.41, 5.74) is 5.63. The maximum absolute atomic E-state index is 11.4. The molecule has 0 amide bonds. The highest BCUT2D eigenvalue weighted by Gasteiger charge is 2.11. The van der Waals surface area contributed by atoms with Gasteiger partial charge in [-0.2, -0.15) is 0 Å². The molecule has 0 spiro atoms. The zero-order valence-electron chi connectivity index (χ0n) is 8.68. The van der Waals surface area contributed by atoms with Crippen LogP contribution in [0, 0.1) is 0 Å². The number of para-hydroxylation sites is 1. The predicted octanol–water partition coefficient (Wildman–Crippen LogP) is 0.717. The minimum atomic E-state index is -1.31. The summed E-state index contributed by atoms with van der Waals surface area (Å²) >= 11 is 0. The molecule has 1 aromatic heterocycles. The van der Waals surface area contributed by atoms with Gasteiger partial charge < -0.3 is 15.8 Å². The number of hydrogen-bond donors (Lipinski definition) is 3. The molecule has 2 aromatic rings. The number of aromatic amines is 1. The van der Waals surface area contributed by atoms with Crippen LogP contribution < -0.4 is 11.3 Å². The summed E-state index contributed by atoms with van der Waals surface area (Å²) in [6.07, 6.45) is 1.02. The summed E-state index contributed by atoms with van der Waals surface area (Å²) in [5.74, 6) is -1.07. The summed E-state index contributed by atoms with van der Waals surface area (Å²) in [4.78, 5) is 28.4. The van der Waals surface area contributed by atoms with Crippen LogP contribution in [0.15, 0.2) is 35.3 Å². The molecule has 1 aromatic carbocycles. The average Bonchev–Trinajstić information content (AvgIpc) is 2.29. The molecule has 0 saturated carbocycles. The number of aromatic nitrogens is 2. The number of nitrogen functional groups attached to an aromatic ring is 1. The van der Waals surface area contributed by atoms with Gasteiger partial charge in [0, 0.05) is 17.4 Å². The van der Waals surface area contributed by atoms with Crippen molar-refractivity contribution < 1.29 is 9.90 Å². The Balaban J connectivity index is 2.57. The predicted molar refractivity (Wildman–Crippen MR) is 61.7 cm³/mol. The van der Waals surface area contributed by atoms with Gasteiger partial charge >= 0.3 is 5.97 Å². The Morgan fingerprint density at radius 1 is 1.35 bits per heavy atom. The standard InChI is InChI=1S/C11H9N3O3/c12-8-4-2-1-3-6(8)9-13-5-7(11(16)17)10(15)14-9/h1-5H,12H2,(H,16,17)(H,13,14,15). The van der Waals surface area contributed by atoms with Crippen LogP contribution in [-0.2, 0) is 0 Å². The number of carboxylic acid groups (broad SMARTS) is 1. The maximum atomic E-state index is 11.4. The van der Waals surface area contributed by atoms with E-state index in [4.69, 9.17) is 10.8 Å². The van der Waals surface area contributed by atoms with Gasteiger partial charge in [-0.05, 0) is 12.1 Å². The first kappa shape index (κ1) is 10.9. The minimum absolute atomic E-state index is 0.248. The normalized spacial score (nSPS) is 10.1. The van der Waals surface area contributed by atoms with E-state index < -0.39 is 17.1 Å². The van der Waals surface area contributed by atoms with Crippen molar-refractivity contribution >= 4 is 11.7 Å². The first-order valence-electron chi connectivity index (χ1n) is 4.77. The summed E-state index contributed by atoms with van der Waals surface area (Å²) < 4.78 is 0. The van der Waals surface area contributed by atoms with E-state index in [2.05, 4.69) is 9.97 Å². The monoisotopic (exact) mass is 231 g/mol. The highest BCUT2D eigenvalue weighted by Crippen LogP contribution is 2.20. The summed E-state index contributed by atoms with van der Waals surface area (Å²) in [6.45, 7) is 0. The molecule has 0 aliphatic carbocycles. The number of carbonyl (C=O) groups is 1. The van der Waals surface area contributed by atoms with Crippen molar-refractivity contribution in [1.29, 1.82) is 0 Å². The summed E-state index contributed by atoms with van der Waals surface area (Å²) in [5, 5.41) is 8.70. The third-order valence-electron chi connectivity index (χ3n) is 2.25. The number of nitrogens with zero attached hydrogens (tertiary/aromatic N) is 1. The van der Waals surface area contributed by atoms with E-state index in [0.717, 1.165) is 6.20 Å². The zero-order chi connectivity index (χ0) is 12.4. The molecular formula is C11H9N3O3. The Labute approximate surface area is 95.7 Å². The largest absolute Gasteiger partial charge is 0.477 e. The van der Waals surface area contributed by atoms with Crippen LogP contribution in [0.3, 0.4) is 0 Å². The average molecular weight is 231 g/mol. The second-order valence-corrected chi connectivity index (χ2v) is 3.37. The van der Waals surface area contributed by atoms with Gasteiger partial charge in [0.25, 0.3) is 5.56 Å². The van der Waals surface area contributed by atoms with Crippen LogP contribution in [0.25, 0.3) is 11.4 Å². The zero-order valence-corrected chi connectivity index (χ0v) is 8.68. The molecule has 17 heavy (non-hydrogen) atoms. The van der Waals surface area contributed by atoms with Crippen molar-refractivity contribution in [3.8, 4) is 11.4 Å². The molecule has 6 heteroatoms. The molecule has 86 valence electrons. The smallest absolute Gasteiger partial charge is 0.342 e. The molecule has 0 unspecified atom stereocenters. The molecule has 0 bridgehead atoms. The number of rotatable bonds is 2. The Hall–Kier alpha value is -2.63. The number of aromatic carboxylic acids is 1. The van der Waals surface area contributed by atoms with Gasteiger partial charge in [-0.1, -0.05) is 12.1 Å². The van der Waals surface area contributed by atoms with Crippen LogP contribution in [0.1, 0.15) is 10.4 Å². The number of nitrogens with two attached hydrogens (primary N) is 1. The number of anilines is 1. The van der Waals surface area contributed by atoms with Gasteiger partial charge in [-0.25, -0.2) is 9.78 Å². The number of nitrogens with one attached hydrogen (secondary N) is 1. The molecule has 0 radical (unpaired) electrons. The fourth-order valence-electron chi connectivity index (χ4n) is 1.40. The summed E-state index contributed by atoms with van der Waals surface area (Å²) in [6, 6.07) is 6.85. The van der Waals surface area contributed by atoms with Crippen LogP contribution in [0.4, 0.5) is 5.69 Å². The van der Waals surface area contributed by atoms with E-state index in [1.165, 1.54) is 0 Å². The van der Waals surface area contributed by atoms with E-state index in [-0.39, 0.29) is 5.82 Å². The Kier molecular flexibility index (Phi) is 2.61. The molecule has 0 aliphatic heterocycles. The Morgan fingerprint density at radius 2 is 2.06 bits per heavy atom. The van der Waals surface area contributed by atoms with Gasteiger partial charge in [-0.15, -0.1) is 0 Å². The van der Waals surface area contributed by atoms with Crippen molar-refractivity contribution in [2.75, 3.05) is 5.73 Å². The van der Waals surface area contributed by atoms with Crippen LogP contribution >= 0.6 is 0 Å². The topological polar surface area (TPSA) is 109 Å². The van der Waals surface area contributed by atoms with E-state index in [9.17, 15) is 9.59 Å². The van der Waals surface area contributed by atoms with E-state index in [1.54, 1.807) is 24.3 Å². The van der Waals surface area contributed by atoms with Crippen LogP contribution in [0.5, 0.6) is 0 Å². The van der Waals surface area contributed by atoms with Gasteiger partial charge in [-0.3, -0.25) is 4.79 Å². The van der Waals surface area contributed by atoms with E-state index >= 15 is 0 Å². The van der Waals surface area contributed by atoms with Crippen LogP contribution in [0.2, 0.25) is 0 Å². The van der Waals surface area contributed by atoms with E-state index in [0.29, 0.717) is 11.3 Å². The highest BCUT2D eigenvalue weighted by atomic mass is 16.4. The molecule has 1 heterocycles. The Morgan fingerprint density at radius 3 is 2.65 bits per heavy atom. The minimum Gasteiger partial charge on any atom is -0.477 e. The molecule has 0 aliphatic rings. The van der Waals surface area contributed by atoms with Crippen molar-refractivity contribution in [1.82, 2.24) is 9.97 Å². The number of benzene rings is 1.